The van der Waals surface area contributed by atoms with E-state index in [-0.39, 0.29) is 17.2 Å². The van der Waals surface area contributed by atoms with E-state index < -0.39 is 0 Å². The highest BCUT2D eigenvalue weighted by Gasteiger charge is 2.25. The van der Waals surface area contributed by atoms with Crippen molar-refractivity contribution < 1.29 is 4.79 Å². The molecule has 0 unspecified atom stereocenters. The van der Waals surface area contributed by atoms with Crippen LogP contribution in [-0.2, 0) is 11.3 Å². The van der Waals surface area contributed by atoms with E-state index in [9.17, 15) is 9.59 Å². The number of hydrogen-bond acceptors (Lipinski definition) is 6. The third-order valence-electron chi connectivity index (χ3n) is 3.70. The molecule has 7 nitrogen and oxygen atoms in total. The summed E-state index contributed by atoms with van der Waals surface area (Å²) in [5, 5.41) is 11.5. The van der Waals surface area contributed by atoms with Gasteiger partial charge < -0.3 is 5.32 Å². The van der Waals surface area contributed by atoms with E-state index >= 15 is 0 Å². The van der Waals surface area contributed by atoms with E-state index in [1.165, 1.54) is 16.3 Å². The average molecular weight is 345 g/mol. The molecule has 1 amide bonds. The summed E-state index contributed by atoms with van der Waals surface area (Å²) in [6.45, 7) is 2.67. The van der Waals surface area contributed by atoms with Crippen LogP contribution < -0.4 is 10.9 Å². The Bertz CT molecular complexity index is 771. The Balaban J connectivity index is 1.41. The zero-order valence-corrected chi connectivity index (χ0v) is 14.3. The number of thioether (sulfide) groups is 1. The first-order valence-corrected chi connectivity index (χ1v) is 8.86. The topological polar surface area (TPSA) is 89.8 Å². The molecule has 3 rings (SSSR count). The number of hydrogen-bond donors (Lipinski definition) is 1. The third-order valence-corrected chi connectivity index (χ3v) is 4.62. The minimum Gasteiger partial charge on any atom is -0.354 e. The fourth-order valence-corrected chi connectivity index (χ4v) is 2.82. The summed E-state index contributed by atoms with van der Waals surface area (Å²) in [5.41, 5.74) is 1.66. The van der Waals surface area contributed by atoms with Crippen LogP contribution in [0.1, 0.15) is 30.1 Å². The number of carbonyl (C=O) groups is 1. The lowest BCUT2D eigenvalue weighted by atomic mass is 10.3. The zero-order valence-electron chi connectivity index (χ0n) is 13.4. The maximum atomic E-state index is 12.0. The molecule has 0 aromatic carbocycles. The van der Waals surface area contributed by atoms with Crippen molar-refractivity contribution in [2.45, 2.75) is 37.3 Å². The fourth-order valence-electron chi connectivity index (χ4n) is 2.18. The van der Waals surface area contributed by atoms with Gasteiger partial charge in [-0.3, -0.25) is 14.2 Å². The molecule has 0 bridgehead atoms. The minimum absolute atomic E-state index is 0.0644. The van der Waals surface area contributed by atoms with E-state index in [0.717, 1.165) is 24.2 Å². The van der Waals surface area contributed by atoms with Gasteiger partial charge in [-0.15, -0.1) is 5.10 Å². The van der Waals surface area contributed by atoms with Crippen molar-refractivity contribution in [1.82, 2.24) is 25.1 Å². The lowest BCUT2D eigenvalue weighted by molar-refractivity contribution is -0.118. The second kappa shape index (κ2) is 7.57. The first-order chi connectivity index (χ1) is 11.6. The Labute approximate surface area is 143 Å². The quantitative estimate of drug-likeness (QED) is 0.757. The normalized spacial score (nSPS) is 13.7. The Kier molecular flexibility index (Phi) is 5.24. The molecule has 1 aliphatic rings. The lowest BCUT2D eigenvalue weighted by Crippen LogP contribution is -2.32. The maximum absolute atomic E-state index is 12.0. The van der Waals surface area contributed by atoms with Crippen molar-refractivity contribution >= 4 is 17.7 Å². The van der Waals surface area contributed by atoms with Gasteiger partial charge in [0.25, 0.3) is 5.56 Å². The predicted molar refractivity (Wildman–Crippen MR) is 91.0 cm³/mol. The van der Waals surface area contributed by atoms with Crippen molar-refractivity contribution in [3.63, 3.8) is 0 Å². The van der Waals surface area contributed by atoms with Gasteiger partial charge in [0.15, 0.2) is 0 Å². The molecular weight excluding hydrogens is 326 g/mol. The minimum atomic E-state index is -0.0991. The van der Waals surface area contributed by atoms with Gasteiger partial charge in [-0.25, -0.2) is 4.98 Å². The zero-order chi connectivity index (χ0) is 16.9. The van der Waals surface area contributed by atoms with Crippen LogP contribution in [0, 0.1) is 6.92 Å². The number of amides is 1. The van der Waals surface area contributed by atoms with E-state index in [1.807, 2.05) is 19.1 Å². The molecule has 2 aromatic heterocycles. The SMILES string of the molecule is Cc1ccc(SCC(=O)NCCn2cnc(C3CC3)cc2=O)nn1. The Morgan fingerprint density at radius 2 is 2.21 bits per heavy atom. The average Bonchev–Trinajstić information content (AvgIpc) is 3.41. The van der Waals surface area contributed by atoms with Crippen LogP contribution in [-0.4, -0.2) is 38.0 Å². The molecule has 0 aliphatic heterocycles. The second-order valence-corrected chi connectivity index (χ2v) is 6.77. The Hall–Kier alpha value is -2.22. The molecule has 1 aliphatic carbocycles. The summed E-state index contributed by atoms with van der Waals surface area (Å²) >= 11 is 1.33. The highest BCUT2D eigenvalue weighted by Crippen LogP contribution is 2.38. The van der Waals surface area contributed by atoms with Crippen molar-refractivity contribution in [1.29, 1.82) is 0 Å². The lowest BCUT2D eigenvalue weighted by Gasteiger charge is -2.07. The molecule has 1 fully saturated rings. The van der Waals surface area contributed by atoms with E-state index in [0.29, 0.717) is 24.0 Å². The number of nitrogens with zero attached hydrogens (tertiary/aromatic N) is 4. The second-order valence-electron chi connectivity index (χ2n) is 5.77. The number of aromatic nitrogens is 4. The van der Waals surface area contributed by atoms with Crippen LogP contribution in [0.5, 0.6) is 0 Å². The molecule has 0 saturated heterocycles. The van der Waals surface area contributed by atoms with Gasteiger partial charge in [-0.2, -0.15) is 5.10 Å². The van der Waals surface area contributed by atoms with Crippen LogP contribution >= 0.6 is 11.8 Å². The van der Waals surface area contributed by atoms with Crippen LogP contribution in [0.15, 0.2) is 34.3 Å². The first-order valence-electron chi connectivity index (χ1n) is 7.88. The molecule has 0 spiro atoms. The molecule has 1 saturated carbocycles. The molecule has 8 heteroatoms. The molecule has 0 radical (unpaired) electrons. The predicted octanol–water partition coefficient (Wildman–Crippen LogP) is 1.13. The monoisotopic (exact) mass is 345 g/mol. The smallest absolute Gasteiger partial charge is 0.253 e. The third kappa shape index (κ3) is 4.64. The van der Waals surface area contributed by atoms with Gasteiger partial charge in [0, 0.05) is 25.1 Å². The van der Waals surface area contributed by atoms with E-state index in [2.05, 4.69) is 20.5 Å². The summed E-state index contributed by atoms with van der Waals surface area (Å²) in [5.74, 6) is 0.637. The molecule has 2 aromatic rings. The van der Waals surface area contributed by atoms with Crippen molar-refractivity contribution in [3.8, 4) is 0 Å². The van der Waals surface area contributed by atoms with Crippen molar-refractivity contribution in [2.75, 3.05) is 12.3 Å². The molecule has 1 N–H and O–H groups in total. The van der Waals surface area contributed by atoms with Gasteiger partial charge in [0.1, 0.15) is 5.03 Å². The van der Waals surface area contributed by atoms with E-state index in [1.54, 1.807) is 12.4 Å². The summed E-state index contributed by atoms with van der Waals surface area (Å²) < 4.78 is 1.52. The molecule has 24 heavy (non-hydrogen) atoms. The molecule has 126 valence electrons. The van der Waals surface area contributed by atoms with Crippen LogP contribution in [0.4, 0.5) is 0 Å². The molecule has 0 atom stereocenters. The van der Waals surface area contributed by atoms with Crippen molar-refractivity contribution in [3.05, 3.63) is 46.3 Å². The van der Waals surface area contributed by atoms with Crippen LogP contribution in [0.3, 0.4) is 0 Å². The number of carbonyl (C=O) groups excluding carboxylic acids is 1. The largest absolute Gasteiger partial charge is 0.354 e. The van der Waals surface area contributed by atoms with Gasteiger partial charge in [-0.1, -0.05) is 11.8 Å². The van der Waals surface area contributed by atoms with E-state index in [4.69, 9.17) is 0 Å². The number of rotatable bonds is 7. The first kappa shape index (κ1) is 16.6. The highest BCUT2D eigenvalue weighted by atomic mass is 32.2. The summed E-state index contributed by atoms with van der Waals surface area (Å²) in [4.78, 5) is 28.1. The van der Waals surface area contributed by atoms with Crippen LogP contribution in [0.25, 0.3) is 0 Å². The summed E-state index contributed by atoms with van der Waals surface area (Å²) in [6, 6.07) is 5.30. The standard InChI is InChI=1S/C16H19N5O2S/c1-11-2-5-15(20-19-11)24-9-14(22)17-6-7-21-10-18-13(8-16(21)23)12-3-4-12/h2,5,8,10,12H,3-4,6-7,9H2,1H3,(H,17,22). The Morgan fingerprint density at radius 3 is 2.88 bits per heavy atom. The maximum Gasteiger partial charge on any atom is 0.253 e. The highest BCUT2D eigenvalue weighted by molar-refractivity contribution is 7.99. The molecular formula is C16H19N5O2S. The fraction of sp³-hybridized carbons (Fsp3) is 0.438. The number of nitrogens with one attached hydrogen (secondary N) is 1. The van der Waals surface area contributed by atoms with Gasteiger partial charge >= 0.3 is 0 Å². The number of aryl methyl sites for hydroxylation is 1. The van der Waals surface area contributed by atoms with Gasteiger partial charge in [-0.05, 0) is 31.9 Å². The van der Waals surface area contributed by atoms with Crippen molar-refractivity contribution in [2.24, 2.45) is 0 Å². The van der Waals surface area contributed by atoms with Gasteiger partial charge in [0.05, 0.1) is 23.5 Å². The summed E-state index contributed by atoms with van der Waals surface area (Å²) in [7, 11) is 0. The molecule has 2 heterocycles. The van der Waals surface area contributed by atoms with Crippen LogP contribution in [0.2, 0.25) is 0 Å². The summed E-state index contributed by atoms with van der Waals surface area (Å²) in [6.07, 6.45) is 3.81. The Morgan fingerprint density at radius 1 is 1.38 bits per heavy atom. The van der Waals surface area contributed by atoms with Gasteiger partial charge in [0.2, 0.25) is 5.91 Å².